The Bertz CT molecular complexity index is 1360. The minimum atomic E-state index is -3.51. The Hall–Kier alpha value is -2.95. The first-order valence-electron chi connectivity index (χ1n) is 13.8. The molecule has 0 saturated heterocycles. The van der Waals surface area contributed by atoms with Gasteiger partial charge in [-0.3, -0.25) is 0 Å². The molecule has 3 aromatic rings. The quantitative estimate of drug-likeness (QED) is 0.103. The standard InChI is InChI=1S/C34H41O6PSe/c1-25(2)29(41(37,26-17-11-8-12-18-26)27-19-13-9-14-20-27)23-34(31(35)38-5,32(36)39-6)24-30(33(3,4)40-7)42-28-21-15-10-16-22-28/h8-22,30H,23-24H2,1-7H3. The van der Waals surface area contributed by atoms with Gasteiger partial charge in [-0.2, -0.15) is 0 Å². The summed E-state index contributed by atoms with van der Waals surface area (Å²) in [4.78, 5) is 27.6. The Kier molecular flexibility index (Phi) is 11.6. The van der Waals surface area contributed by atoms with Crippen molar-refractivity contribution in [3.05, 3.63) is 102 Å². The van der Waals surface area contributed by atoms with Crippen molar-refractivity contribution in [3.63, 3.8) is 0 Å². The molecule has 6 nitrogen and oxygen atoms in total. The van der Waals surface area contributed by atoms with Gasteiger partial charge in [0.1, 0.15) is 0 Å². The van der Waals surface area contributed by atoms with Crippen LogP contribution in [0.1, 0.15) is 40.5 Å². The summed E-state index contributed by atoms with van der Waals surface area (Å²) in [6.45, 7) is 7.67. The summed E-state index contributed by atoms with van der Waals surface area (Å²) in [6, 6.07) is 28.5. The summed E-state index contributed by atoms with van der Waals surface area (Å²) < 4.78 is 33.3. The molecular formula is C34H41O6PSe. The van der Waals surface area contributed by atoms with E-state index in [1.807, 2.05) is 119 Å². The summed E-state index contributed by atoms with van der Waals surface area (Å²) in [7, 11) is 0.670. The minimum absolute atomic E-state index is 0.0858. The SMILES string of the molecule is COC(=O)C(CC(=C(C)C)P(=O)(c1ccccc1)c1ccccc1)(CC([Se]c1ccccc1)C(C)(C)OC)C(=O)OC. The third kappa shape index (κ3) is 7.15. The Balaban J connectivity index is 2.29. The predicted molar refractivity (Wildman–Crippen MR) is 170 cm³/mol. The molecule has 0 amide bonds. The zero-order valence-electron chi connectivity index (χ0n) is 25.5. The number of hydrogen-bond acceptors (Lipinski definition) is 6. The van der Waals surface area contributed by atoms with E-state index < -0.39 is 30.1 Å². The molecule has 3 rings (SSSR count). The molecular weight excluding hydrogens is 614 g/mol. The molecule has 0 aromatic heterocycles. The van der Waals surface area contributed by atoms with Crippen molar-refractivity contribution < 1.29 is 28.4 Å². The summed E-state index contributed by atoms with van der Waals surface area (Å²) >= 11 is -0.193. The average molecular weight is 656 g/mol. The summed E-state index contributed by atoms with van der Waals surface area (Å²) in [6.07, 6.45) is -0.0423. The Morgan fingerprint density at radius 3 is 1.57 bits per heavy atom. The monoisotopic (exact) mass is 656 g/mol. The molecule has 8 heteroatoms. The molecule has 1 unspecified atom stereocenters. The van der Waals surface area contributed by atoms with Gasteiger partial charge in [-0.25, -0.2) is 0 Å². The van der Waals surface area contributed by atoms with Gasteiger partial charge < -0.3 is 0 Å². The van der Waals surface area contributed by atoms with E-state index in [1.54, 1.807) is 7.11 Å². The van der Waals surface area contributed by atoms with E-state index >= 15 is 4.57 Å². The van der Waals surface area contributed by atoms with Crippen LogP contribution in [0.2, 0.25) is 4.82 Å². The van der Waals surface area contributed by atoms with Gasteiger partial charge in [0.05, 0.1) is 0 Å². The van der Waals surface area contributed by atoms with E-state index in [0.717, 1.165) is 10.0 Å². The molecule has 0 N–H and O–H groups in total. The number of hydrogen-bond donors (Lipinski definition) is 0. The van der Waals surface area contributed by atoms with E-state index in [0.29, 0.717) is 15.9 Å². The van der Waals surface area contributed by atoms with Crippen LogP contribution in [0.4, 0.5) is 0 Å². The number of benzene rings is 3. The van der Waals surface area contributed by atoms with E-state index in [-0.39, 0.29) is 32.6 Å². The van der Waals surface area contributed by atoms with Crippen molar-refractivity contribution >= 4 is 49.1 Å². The third-order valence-corrected chi connectivity index (χ3v) is 14.4. The van der Waals surface area contributed by atoms with Gasteiger partial charge in [-0.1, -0.05) is 0 Å². The first kappa shape index (κ1) is 33.6. The number of methoxy groups -OCH3 is 3. The van der Waals surface area contributed by atoms with Gasteiger partial charge in [-0.05, 0) is 0 Å². The molecule has 0 saturated carbocycles. The summed E-state index contributed by atoms with van der Waals surface area (Å²) in [5, 5.41) is 1.77. The predicted octanol–water partition coefficient (Wildman–Crippen LogP) is 5.65. The number of allylic oxidation sites excluding steroid dienone is 2. The van der Waals surface area contributed by atoms with Crippen molar-refractivity contribution in [1.29, 1.82) is 0 Å². The van der Waals surface area contributed by atoms with E-state index in [1.165, 1.54) is 14.2 Å². The zero-order chi connectivity index (χ0) is 31.0. The van der Waals surface area contributed by atoms with Gasteiger partial charge in [-0.15, -0.1) is 0 Å². The molecule has 0 heterocycles. The molecule has 0 fully saturated rings. The zero-order valence-corrected chi connectivity index (χ0v) is 28.1. The molecule has 1 atom stereocenters. The number of rotatable bonds is 13. The van der Waals surface area contributed by atoms with Crippen LogP contribution in [-0.2, 0) is 28.4 Å². The Labute approximate surface area is 256 Å². The second kappa shape index (κ2) is 14.5. The van der Waals surface area contributed by atoms with Gasteiger partial charge in [0.15, 0.2) is 0 Å². The normalized spacial score (nSPS) is 12.7. The maximum absolute atomic E-state index is 15.5. The van der Waals surface area contributed by atoms with E-state index in [2.05, 4.69) is 0 Å². The Morgan fingerprint density at radius 1 is 0.762 bits per heavy atom. The number of esters is 2. The van der Waals surface area contributed by atoms with Crippen LogP contribution >= 0.6 is 7.14 Å². The molecule has 224 valence electrons. The molecule has 3 aromatic carbocycles. The molecule has 42 heavy (non-hydrogen) atoms. The topological polar surface area (TPSA) is 78.9 Å². The summed E-state index contributed by atoms with van der Waals surface area (Å²) in [5.74, 6) is -1.44. The van der Waals surface area contributed by atoms with Crippen molar-refractivity contribution in [2.75, 3.05) is 21.3 Å². The van der Waals surface area contributed by atoms with Crippen molar-refractivity contribution in [2.24, 2.45) is 5.41 Å². The number of ether oxygens (including phenoxy) is 3. The molecule has 0 bridgehead atoms. The first-order chi connectivity index (χ1) is 20.0. The molecule has 0 radical (unpaired) electrons. The van der Waals surface area contributed by atoms with Crippen molar-refractivity contribution in [3.8, 4) is 0 Å². The van der Waals surface area contributed by atoms with Crippen LogP contribution in [0.15, 0.2) is 102 Å². The average Bonchev–Trinajstić information content (AvgIpc) is 3.02. The molecule has 0 aliphatic carbocycles. The van der Waals surface area contributed by atoms with Crippen LogP contribution in [0, 0.1) is 5.41 Å². The fourth-order valence-electron chi connectivity index (χ4n) is 5.02. The van der Waals surface area contributed by atoms with Crippen molar-refractivity contribution in [1.82, 2.24) is 0 Å². The number of carbonyl (C=O) groups is 2. The van der Waals surface area contributed by atoms with Crippen molar-refractivity contribution in [2.45, 2.75) is 51.0 Å². The van der Waals surface area contributed by atoms with Crippen LogP contribution < -0.4 is 15.1 Å². The summed E-state index contributed by atoms with van der Waals surface area (Å²) in [5.41, 5.74) is -1.71. The van der Waals surface area contributed by atoms with Gasteiger partial charge in [0.2, 0.25) is 0 Å². The van der Waals surface area contributed by atoms with E-state index in [9.17, 15) is 9.59 Å². The fourth-order valence-corrected chi connectivity index (χ4v) is 11.2. The molecule has 0 spiro atoms. The third-order valence-electron chi connectivity index (χ3n) is 7.68. The molecule has 0 aliphatic rings. The van der Waals surface area contributed by atoms with Crippen LogP contribution in [0.25, 0.3) is 0 Å². The van der Waals surface area contributed by atoms with Crippen LogP contribution in [0.3, 0.4) is 0 Å². The van der Waals surface area contributed by atoms with Gasteiger partial charge in [0, 0.05) is 0 Å². The Morgan fingerprint density at radius 2 is 1.19 bits per heavy atom. The second-order valence-electron chi connectivity index (χ2n) is 10.9. The first-order valence-corrected chi connectivity index (χ1v) is 17.3. The number of carbonyl (C=O) groups excluding carboxylic acids is 2. The van der Waals surface area contributed by atoms with Crippen LogP contribution in [-0.4, -0.2) is 53.8 Å². The molecule has 0 aliphatic heterocycles. The van der Waals surface area contributed by atoms with Gasteiger partial charge >= 0.3 is 257 Å². The van der Waals surface area contributed by atoms with Gasteiger partial charge in [0.25, 0.3) is 0 Å². The fraction of sp³-hybridized carbons (Fsp3) is 0.353. The van der Waals surface area contributed by atoms with Crippen LogP contribution in [0.5, 0.6) is 0 Å². The second-order valence-corrected chi connectivity index (χ2v) is 16.4. The maximum atomic E-state index is 15.5. The van der Waals surface area contributed by atoms with E-state index in [4.69, 9.17) is 14.2 Å².